The molecule has 0 saturated carbocycles. The van der Waals surface area contributed by atoms with Crippen molar-refractivity contribution in [1.29, 1.82) is 0 Å². The van der Waals surface area contributed by atoms with E-state index in [-0.39, 0.29) is 23.1 Å². The van der Waals surface area contributed by atoms with E-state index in [0.717, 1.165) is 17.0 Å². The molecule has 1 aliphatic heterocycles. The number of amides is 1. The highest BCUT2D eigenvalue weighted by Crippen LogP contribution is 2.23. The molecule has 1 amide bonds. The zero-order chi connectivity index (χ0) is 24.9. The summed E-state index contributed by atoms with van der Waals surface area (Å²) in [6.07, 6.45) is 5.55. The Morgan fingerprint density at radius 2 is 2.14 bits per heavy atom. The van der Waals surface area contributed by atoms with Gasteiger partial charge in [-0.1, -0.05) is 0 Å². The van der Waals surface area contributed by atoms with Crippen molar-refractivity contribution in [1.82, 2.24) is 39.8 Å². The summed E-state index contributed by atoms with van der Waals surface area (Å²) >= 11 is 0. The highest BCUT2D eigenvalue weighted by atomic mass is 19.3. The SMILES string of the molecule is Cc1cnn(C)c1-c1nnc(C(=O)N2CCc3nc[nH]c3C2)o1.N/C=C\c1ncccc1C(F)F. The third-order valence-corrected chi connectivity index (χ3v) is 5.35. The van der Waals surface area contributed by atoms with Crippen molar-refractivity contribution in [2.24, 2.45) is 12.8 Å². The number of hydrogen-bond acceptors (Lipinski definition) is 8. The standard InChI is InChI=1S/C14H15N7O2.C8H8F2N2/c1-8-5-17-20(2)11(8)12-18-19-13(23-12)14(22)21-4-3-9-10(6-21)16-7-15-9;9-8(10)6-2-1-5-12-7(6)3-4-11/h5,7H,3-4,6H2,1-2H3,(H,15,16);1-5,8H,11H2/b;4-3-. The number of aryl methyl sites for hydroxylation is 2. The van der Waals surface area contributed by atoms with Crippen LogP contribution in [0.4, 0.5) is 8.78 Å². The van der Waals surface area contributed by atoms with Crippen LogP contribution in [0.1, 0.15) is 45.3 Å². The number of pyridine rings is 1. The van der Waals surface area contributed by atoms with Crippen LogP contribution in [0.25, 0.3) is 17.7 Å². The Kier molecular flexibility index (Phi) is 6.94. The topological polar surface area (TPSA) is 145 Å². The number of hydrogen-bond donors (Lipinski definition) is 2. The first-order valence-corrected chi connectivity index (χ1v) is 10.6. The fourth-order valence-electron chi connectivity index (χ4n) is 3.63. The maximum absolute atomic E-state index is 12.6. The average molecular weight is 483 g/mol. The van der Waals surface area contributed by atoms with Crippen molar-refractivity contribution in [2.75, 3.05) is 6.54 Å². The van der Waals surface area contributed by atoms with Crippen LogP contribution >= 0.6 is 0 Å². The lowest BCUT2D eigenvalue weighted by Crippen LogP contribution is -2.36. The number of nitrogens with zero attached hydrogens (tertiary/aromatic N) is 7. The number of aromatic amines is 1. The number of imidazole rings is 1. The van der Waals surface area contributed by atoms with Crippen LogP contribution in [0.2, 0.25) is 0 Å². The van der Waals surface area contributed by atoms with Crippen LogP contribution in [0, 0.1) is 6.92 Å². The molecule has 4 aromatic rings. The monoisotopic (exact) mass is 483 g/mol. The van der Waals surface area contributed by atoms with Gasteiger partial charge in [-0.25, -0.2) is 13.8 Å². The quantitative estimate of drug-likeness (QED) is 0.451. The first kappa shape index (κ1) is 23.7. The minimum Gasteiger partial charge on any atom is -0.411 e. The molecule has 0 aromatic carbocycles. The second kappa shape index (κ2) is 10.2. The minimum absolute atomic E-state index is 0.0106. The molecular formula is C22H23F2N9O2. The highest BCUT2D eigenvalue weighted by molar-refractivity contribution is 5.89. The van der Waals surface area contributed by atoms with Crippen LogP contribution < -0.4 is 5.73 Å². The predicted molar refractivity (Wildman–Crippen MR) is 121 cm³/mol. The molecule has 0 atom stereocenters. The fourth-order valence-corrected chi connectivity index (χ4v) is 3.63. The molecule has 0 bridgehead atoms. The molecule has 35 heavy (non-hydrogen) atoms. The molecule has 3 N–H and O–H groups in total. The summed E-state index contributed by atoms with van der Waals surface area (Å²) < 4.78 is 31.7. The van der Waals surface area contributed by atoms with Gasteiger partial charge in [0, 0.05) is 31.8 Å². The highest BCUT2D eigenvalue weighted by Gasteiger charge is 2.28. The lowest BCUT2D eigenvalue weighted by Gasteiger charge is -2.24. The molecular weight excluding hydrogens is 460 g/mol. The van der Waals surface area contributed by atoms with Crippen LogP contribution in [0.3, 0.4) is 0 Å². The number of carbonyl (C=O) groups excluding carboxylic acids is 1. The molecule has 0 saturated heterocycles. The Balaban J connectivity index is 0.000000204. The van der Waals surface area contributed by atoms with Gasteiger partial charge in [-0.3, -0.25) is 14.5 Å². The smallest absolute Gasteiger partial charge is 0.311 e. The maximum Gasteiger partial charge on any atom is 0.311 e. The zero-order valence-electron chi connectivity index (χ0n) is 19.0. The molecule has 0 unspecified atom stereocenters. The molecule has 0 aliphatic carbocycles. The van der Waals surface area contributed by atoms with Crippen molar-refractivity contribution in [2.45, 2.75) is 26.3 Å². The summed E-state index contributed by atoms with van der Waals surface area (Å²) in [6, 6.07) is 2.79. The first-order chi connectivity index (χ1) is 16.9. The van der Waals surface area contributed by atoms with Crippen molar-refractivity contribution < 1.29 is 18.0 Å². The van der Waals surface area contributed by atoms with E-state index in [1.165, 1.54) is 30.6 Å². The summed E-state index contributed by atoms with van der Waals surface area (Å²) in [5.41, 5.74) is 8.77. The maximum atomic E-state index is 12.6. The largest absolute Gasteiger partial charge is 0.411 e. The zero-order valence-corrected chi connectivity index (χ0v) is 19.0. The summed E-state index contributed by atoms with van der Waals surface area (Å²) in [4.78, 5) is 25.3. The van der Waals surface area contributed by atoms with Crippen molar-refractivity contribution >= 4 is 12.0 Å². The van der Waals surface area contributed by atoms with Gasteiger partial charge in [0.15, 0.2) is 0 Å². The van der Waals surface area contributed by atoms with E-state index in [4.69, 9.17) is 10.2 Å². The van der Waals surface area contributed by atoms with E-state index in [0.29, 0.717) is 31.1 Å². The van der Waals surface area contributed by atoms with Gasteiger partial charge in [0.2, 0.25) is 0 Å². The number of carbonyl (C=O) groups is 1. The van der Waals surface area contributed by atoms with Crippen LogP contribution in [-0.2, 0) is 20.0 Å². The number of halogens is 2. The second-order valence-corrected chi connectivity index (χ2v) is 7.65. The summed E-state index contributed by atoms with van der Waals surface area (Å²) in [5.74, 6) is 0.0116. The summed E-state index contributed by atoms with van der Waals surface area (Å²) in [5, 5.41) is 12.0. The molecule has 0 fully saturated rings. The van der Waals surface area contributed by atoms with Crippen molar-refractivity contribution in [3.05, 3.63) is 71.2 Å². The Labute approximate surface area is 198 Å². The number of alkyl halides is 2. The fraction of sp³-hybridized carbons (Fsp3) is 0.273. The minimum atomic E-state index is -2.51. The van der Waals surface area contributed by atoms with Gasteiger partial charge in [-0.15, -0.1) is 10.2 Å². The van der Waals surface area contributed by atoms with E-state index >= 15 is 0 Å². The van der Waals surface area contributed by atoms with Gasteiger partial charge in [-0.05, 0) is 36.9 Å². The van der Waals surface area contributed by atoms with E-state index in [2.05, 4.69) is 30.2 Å². The number of rotatable bonds is 4. The van der Waals surface area contributed by atoms with Crippen LogP contribution in [0.15, 0.2) is 41.5 Å². The molecule has 13 heteroatoms. The Morgan fingerprint density at radius 1 is 1.31 bits per heavy atom. The molecule has 11 nitrogen and oxygen atoms in total. The van der Waals surface area contributed by atoms with E-state index in [9.17, 15) is 13.6 Å². The van der Waals surface area contributed by atoms with E-state index < -0.39 is 6.43 Å². The Hall–Kier alpha value is -4.42. The van der Waals surface area contributed by atoms with Gasteiger partial charge >= 0.3 is 11.8 Å². The third-order valence-electron chi connectivity index (χ3n) is 5.35. The first-order valence-electron chi connectivity index (χ1n) is 10.6. The molecule has 0 radical (unpaired) electrons. The third kappa shape index (κ3) is 5.08. The Bertz CT molecular complexity index is 1320. The molecule has 182 valence electrons. The molecule has 5 rings (SSSR count). The second-order valence-electron chi connectivity index (χ2n) is 7.65. The summed E-state index contributed by atoms with van der Waals surface area (Å²) in [6.45, 7) is 2.95. The van der Waals surface area contributed by atoms with Gasteiger partial charge in [0.1, 0.15) is 5.69 Å². The van der Waals surface area contributed by atoms with Crippen LogP contribution in [-0.4, -0.2) is 52.3 Å². The normalized spacial score (nSPS) is 13.1. The lowest BCUT2D eigenvalue weighted by atomic mass is 10.1. The molecule has 0 spiro atoms. The lowest BCUT2D eigenvalue weighted by molar-refractivity contribution is 0.0692. The number of fused-ring (bicyclic) bond motifs is 1. The molecule has 4 aromatic heterocycles. The van der Waals surface area contributed by atoms with Gasteiger partial charge in [-0.2, -0.15) is 5.10 Å². The molecule has 5 heterocycles. The van der Waals surface area contributed by atoms with Crippen molar-refractivity contribution in [3.8, 4) is 11.6 Å². The predicted octanol–water partition coefficient (Wildman–Crippen LogP) is 2.65. The number of nitrogens with one attached hydrogen (secondary N) is 1. The van der Waals surface area contributed by atoms with Gasteiger partial charge in [0.25, 0.3) is 12.3 Å². The Morgan fingerprint density at radius 3 is 2.86 bits per heavy atom. The summed E-state index contributed by atoms with van der Waals surface area (Å²) in [7, 11) is 1.79. The van der Waals surface area contributed by atoms with Crippen LogP contribution in [0.5, 0.6) is 0 Å². The number of H-pyrrole nitrogens is 1. The molecule has 1 aliphatic rings. The number of nitrogens with two attached hydrogens (primary N) is 1. The van der Waals surface area contributed by atoms with Gasteiger partial charge in [0.05, 0.1) is 36.2 Å². The van der Waals surface area contributed by atoms with E-state index in [1.807, 2.05) is 6.92 Å². The van der Waals surface area contributed by atoms with E-state index in [1.54, 1.807) is 29.2 Å². The number of aromatic nitrogens is 7. The average Bonchev–Trinajstić information content (AvgIpc) is 3.59. The van der Waals surface area contributed by atoms with Crippen molar-refractivity contribution in [3.63, 3.8) is 0 Å². The van der Waals surface area contributed by atoms with Gasteiger partial charge < -0.3 is 20.0 Å².